The van der Waals surface area contributed by atoms with Gasteiger partial charge in [-0.15, -0.1) is 0 Å². The number of benzene rings is 2. The monoisotopic (exact) mass is 501 g/mol. The van der Waals surface area contributed by atoms with E-state index >= 15 is 0 Å². The number of hydrogen-bond donors (Lipinski definition) is 3. The van der Waals surface area contributed by atoms with Gasteiger partial charge in [0.15, 0.2) is 0 Å². The van der Waals surface area contributed by atoms with Crippen molar-refractivity contribution in [3.8, 4) is 39.7 Å². The Bertz CT molecular complexity index is 1540. The normalized spacial score (nSPS) is 11.3. The van der Waals surface area contributed by atoms with E-state index in [4.69, 9.17) is 21.3 Å². The first-order valence-corrected chi connectivity index (χ1v) is 11.7. The van der Waals surface area contributed by atoms with Gasteiger partial charge in [0.1, 0.15) is 23.8 Å². The zero-order valence-electron chi connectivity index (χ0n) is 19.7. The Balaban J connectivity index is 1.61. The molecule has 0 aliphatic heterocycles. The van der Waals surface area contributed by atoms with Gasteiger partial charge < -0.3 is 24.7 Å². The molecule has 36 heavy (non-hydrogen) atoms. The summed E-state index contributed by atoms with van der Waals surface area (Å²) < 4.78 is 5.81. The molecule has 0 amide bonds. The van der Waals surface area contributed by atoms with Crippen LogP contribution in [-0.2, 0) is 0 Å². The van der Waals surface area contributed by atoms with Crippen LogP contribution in [0.4, 0.5) is 0 Å². The number of nitrogens with one attached hydrogen (secondary N) is 2. The molecule has 3 aromatic heterocycles. The standard InChI is InChI=1S/C27H24ClN5O3/c1-33(2)14-15-36-17-8-6-16(7-9-17)25-31-23(18-10-12-29-26-19(18)11-13-30-26)24(32-25)20-4-3-5-21(22(20)28)27(34)35/h3-13H,14-15H2,1-2H3,(H,29,30)(H,31,32)(H,34,35). The molecule has 0 bridgehead atoms. The number of imidazole rings is 1. The maximum atomic E-state index is 11.7. The number of aromatic carboxylic acids is 1. The molecule has 5 aromatic rings. The lowest BCUT2D eigenvalue weighted by atomic mass is 10.0. The Morgan fingerprint density at radius 2 is 1.89 bits per heavy atom. The molecule has 182 valence electrons. The van der Waals surface area contributed by atoms with Crippen LogP contribution in [0.15, 0.2) is 67.0 Å². The van der Waals surface area contributed by atoms with E-state index in [1.807, 2.05) is 56.7 Å². The van der Waals surface area contributed by atoms with Crippen LogP contribution in [0.2, 0.25) is 5.02 Å². The molecule has 9 heteroatoms. The minimum Gasteiger partial charge on any atom is -0.492 e. The van der Waals surface area contributed by atoms with Gasteiger partial charge in [0.2, 0.25) is 0 Å². The van der Waals surface area contributed by atoms with E-state index in [0.29, 0.717) is 29.4 Å². The summed E-state index contributed by atoms with van der Waals surface area (Å²) in [6.07, 6.45) is 3.53. The minimum atomic E-state index is -1.09. The van der Waals surface area contributed by atoms with Crippen molar-refractivity contribution in [1.82, 2.24) is 24.8 Å². The molecule has 0 aliphatic carbocycles. The van der Waals surface area contributed by atoms with E-state index in [9.17, 15) is 9.90 Å². The second-order valence-electron chi connectivity index (χ2n) is 8.56. The van der Waals surface area contributed by atoms with E-state index in [1.54, 1.807) is 18.3 Å². The predicted molar refractivity (Wildman–Crippen MR) is 141 cm³/mol. The number of likely N-dealkylation sites (N-methyl/N-ethyl adjacent to an activating group) is 1. The highest BCUT2D eigenvalue weighted by Crippen LogP contribution is 2.39. The van der Waals surface area contributed by atoms with E-state index in [-0.39, 0.29) is 10.6 Å². The molecular weight excluding hydrogens is 478 g/mol. The fourth-order valence-corrected chi connectivity index (χ4v) is 4.31. The smallest absolute Gasteiger partial charge is 0.337 e. The maximum Gasteiger partial charge on any atom is 0.337 e. The number of H-pyrrole nitrogens is 2. The van der Waals surface area contributed by atoms with Crippen LogP contribution in [0.5, 0.6) is 5.75 Å². The topological polar surface area (TPSA) is 107 Å². The largest absolute Gasteiger partial charge is 0.492 e. The highest BCUT2D eigenvalue weighted by atomic mass is 35.5. The van der Waals surface area contributed by atoms with Crippen LogP contribution in [0.1, 0.15) is 10.4 Å². The molecule has 0 spiro atoms. The summed E-state index contributed by atoms with van der Waals surface area (Å²) in [5, 5.41) is 10.6. The molecule has 8 nitrogen and oxygen atoms in total. The summed E-state index contributed by atoms with van der Waals surface area (Å²) in [7, 11) is 4.00. The number of carboxylic acids is 1. The minimum absolute atomic E-state index is 0.0250. The van der Waals surface area contributed by atoms with Crippen LogP contribution < -0.4 is 4.74 Å². The van der Waals surface area contributed by atoms with E-state index in [2.05, 4.69) is 19.9 Å². The fraction of sp³-hybridized carbons (Fsp3) is 0.148. The summed E-state index contributed by atoms with van der Waals surface area (Å²) in [6, 6.07) is 16.4. The van der Waals surface area contributed by atoms with Gasteiger partial charge in [-0.3, -0.25) is 0 Å². The maximum absolute atomic E-state index is 11.7. The molecule has 3 heterocycles. The van der Waals surface area contributed by atoms with Crippen molar-refractivity contribution in [2.24, 2.45) is 0 Å². The number of rotatable bonds is 8. The number of aromatic amines is 2. The predicted octanol–water partition coefficient (Wildman–Crippen LogP) is 5.58. The van der Waals surface area contributed by atoms with E-state index in [0.717, 1.165) is 34.5 Å². The number of halogens is 1. The Labute approximate surface area is 212 Å². The Morgan fingerprint density at radius 1 is 1.08 bits per heavy atom. The van der Waals surface area contributed by atoms with Crippen molar-refractivity contribution in [2.45, 2.75) is 0 Å². The Morgan fingerprint density at radius 3 is 2.64 bits per heavy atom. The first kappa shape index (κ1) is 23.6. The third-order valence-corrected chi connectivity index (χ3v) is 6.26. The molecule has 0 radical (unpaired) electrons. The number of carboxylic acid groups (broad SMARTS) is 1. The number of hydrogen-bond acceptors (Lipinski definition) is 5. The van der Waals surface area contributed by atoms with Gasteiger partial charge in [0.25, 0.3) is 0 Å². The molecule has 0 fully saturated rings. The lowest BCUT2D eigenvalue weighted by Crippen LogP contribution is -2.19. The molecule has 0 unspecified atom stereocenters. The van der Waals surface area contributed by atoms with Crippen LogP contribution in [0.3, 0.4) is 0 Å². The average Bonchev–Trinajstić information content (AvgIpc) is 3.52. The van der Waals surface area contributed by atoms with Crippen LogP contribution >= 0.6 is 11.6 Å². The van der Waals surface area contributed by atoms with Gasteiger partial charge in [-0.25, -0.2) is 14.8 Å². The molecule has 0 aliphatic rings. The quantitative estimate of drug-likeness (QED) is 0.256. The SMILES string of the molecule is CN(C)CCOc1ccc(-c2nc(-c3ccnc4[nH]ccc34)c(-c3cccc(C(=O)O)c3Cl)[nH]2)cc1. The molecule has 0 saturated heterocycles. The number of pyridine rings is 1. The third kappa shape index (κ3) is 4.56. The van der Waals surface area contributed by atoms with Crippen molar-refractivity contribution in [1.29, 1.82) is 0 Å². The zero-order chi connectivity index (χ0) is 25.2. The lowest BCUT2D eigenvalue weighted by molar-refractivity contribution is 0.0697. The lowest BCUT2D eigenvalue weighted by Gasteiger charge is -2.11. The molecule has 3 N–H and O–H groups in total. The molecular formula is C27H24ClN5O3. The van der Waals surface area contributed by atoms with Crippen LogP contribution in [0.25, 0.3) is 44.9 Å². The second kappa shape index (κ2) is 9.85. The van der Waals surface area contributed by atoms with Gasteiger partial charge in [-0.1, -0.05) is 23.7 Å². The van der Waals surface area contributed by atoms with Crippen molar-refractivity contribution in [2.75, 3.05) is 27.2 Å². The van der Waals surface area contributed by atoms with Gasteiger partial charge in [-0.2, -0.15) is 0 Å². The Kier molecular flexibility index (Phi) is 6.45. The summed E-state index contributed by atoms with van der Waals surface area (Å²) in [6.45, 7) is 1.41. The molecule has 2 aromatic carbocycles. The average molecular weight is 502 g/mol. The molecule has 0 saturated carbocycles. The highest BCUT2D eigenvalue weighted by molar-refractivity contribution is 6.36. The Hall–Kier alpha value is -4.14. The summed E-state index contributed by atoms with van der Waals surface area (Å²) in [5.41, 5.74) is 4.27. The molecule has 5 rings (SSSR count). The van der Waals surface area contributed by atoms with Gasteiger partial charge in [0.05, 0.1) is 22.0 Å². The number of nitrogens with zero attached hydrogens (tertiary/aromatic N) is 3. The van der Waals surface area contributed by atoms with Crippen LogP contribution in [0, 0.1) is 0 Å². The number of carbonyl (C=O) groups is 1. The third-order valence-electron chi connectivity index (χ3n) is 5.85. The van der Waals surface area contributed by atoms with Gasteiger partial charge in [0, 0.05) is 41.0 Å². The van der Waals surface area contributed by atoms with Gasteiger partial charge in [-0.05, 0) is 56.6 Å². The first-order chi connectivity index (χ1) is 17.4. The van der Waals surface area contributed by atoms with Crippen molar-refractivity contribution >= 4 is 28.6 Å². The highest BCUT2D eigenvalue weighted by Gasteiger charge is 2.22. The summed E-state index contributed by atoms with van der Waals surface area (Å²) in [4.78, 5) is 29.6. The number of ether oxygens (including phenoxy) is 1. The van der Waals surface area contributed by atoms with E-state index < -0.39 is 5.97 Å². The zero-order valence-corrected chi connectivity index (χ0v) is 20.5. The summed E-state index contributed by atoms with van der Waals surface area (Å²) in [5.74, 6) is 0.301. The van der Waals surface area contributed by atoms with Crippen molar-refractivity contribution in [3.63, 3.8) is 0 Å². The molecule has 0 atom stereocenters. The number of fused-ring (bicyclic) bond motifs is 1. The van der Waals surface area contributed by atoms with Gasteiger partial charge >= 0.3 is 5.97 Å². The van der Waals surface area contributed by atoms with Crippen molar-refractivity contribution < 1.29 is 14.6 Å². The van der Waals surface area contributed by atoms with E-state index in [1.165, 1.54) is 6.07 Å². The summed E-state index contributed by atoms with van der Waals surface area (Å²) >= 11 is 6.57. The number of aromatic nitrogens is 4. The van der Waals surface area contributed by atoms with Crippen molar-refractivity contribution in [3.05, 3.63) is 77.6 Å². The second-order valence-corrected chi connectivity index (χ2v) is 8.93. The fourth-order valence-electron chi connectivity index (χ4n) is 4.01. The van der Waals surface area contributed by atoms with Crippen LogP contribution in [-0.4, -0.2) is 63.2 Å². The first-order valence-electron chi connectivity index (χ1n) is 11.3.